The molecule has 1 fully saturated rings. The number of benzene rings is 1. The molecule has 0 radical (unpaired) electrons. The number of likely N-dealkylation sites (tertiary alicyclic amines) is 1. The van der Waals surface area contributed by atoms with E-state index in [1.54, 1.807) is 47.7 Å². The van der Waals surface area contributed by atoms with E-state index in [1.165, 1.54) is 0 Å². The van der Waals surface area contributed by atoms with Gasteiger partial charge in [0.2, 0.25) is 5.91 Å². The summed E-state index contributed by atoms with van der Waals surface area (Å²) in [6, 6.07) is 11.0. The van der Waals surface area contributed by atoms with Crippen molar-refractivity contribution in [3.05, 3.63) is 72.4 Å². The van der Waals surface area contributed by atoms with E-state index in [1.807, 2.05) is 23.1 Å². The molecule has 0 atom stereocenters. The van der Waals surface area contributed by atoms with Crippen molar-refractivity contribution in [2.24, 2.45) is 0 Å². The molecule has 28 heavy (non-hydrogen) atoms. The van der Waals surface area contributed by atoms with Crippen molar-refractivity contribution in [2.75, 3.05) is 11.9 Å². The summed E-state index contributed by atoms with van der Waals surface area (Å²) in [5.74, 6) is 0.740. The van der Waals surface area contributed by atoms with Gasteiger partial charge in [-0.15, -0.1) is 0 Å². The molecule has 3 aromatic rings. The van der Waals surface area contributed by atoms with Crippen molar-refractivity contribution < 1.29 is 9.59 Å². The molecule has 0 saturated carbocycles. The van der Waals surface area contributed by atoms with Gasteiger partial charge < -0.3 is 10.2 Å². The summed E-state index contributed by atoms with van der Waals surface area (Å²) in [5.41, 5.74) is 2.21. The number of aromatic nitrogens is 3. The summed E-state index contributed by atoms with van der Waals surface area (Å²) in [7, 11) is 0. The Morgan fingerprint density at radius 2 is 1.96 bits per heavy atom. The van der Waals surface area contributed by atoms with Crippen LogP contribution in [0.3, 0.4) is 0 Å². The maximum Gasteiger partial charge on any atom is 0.255 e. The van der Waals surface area contributed by atoms with Crippen LogP contribution < -0.4 is 5.32 Å². The maximum atomic E-state index is 12.5. The first-order valence-corrected chi connectivity index (χ1v) is 9.31. The Hall–Kier alpha value is -3.48. The molecular formula is C21H21N5O2. The highest BCUT2D eigenvalue weighted by molar-refractivity contribution is 6.04. The van der Waals surface area contributed by atoms with Crippen LogP contribution in [0.5, 0.6) is 0 Å². The van der Waals surface area contributed by atoms with Gasteiger partial charge >= 0.3 is 0 Å². The molecule has 0 unspecified atom stereocenters. The third-order valence-electron chi connectivity index (χ3n) is 4.79. The number of carbonyl (C=O) groups excluding carboxylic acids is 2. The second-order valence-corrected chi connectivity index (χ2v) is 6.80. The molecule has 7 nitrogen and oxygen atoms in total. The molecule has 1 aliphatic heterocycles. The predicted molar refractivity (Wildman–Crippen MR) is 105 cm³/mol. The third-order valence-corrected chi connectivity index (χ3v) is 4.79. The normalized spacial score (nSPS) is 14.1. The standard InChI is InChI=1S/C21H21N5O2/c27-20-3-1-2-11-25(20)14-16-4-6-17(7-5-16)21(28)24-18-8-9-19(23-13-18)26-12-10-22-15-26/h4-10,12-13,15H,1-3,11,14H2,(H,24,28). The third kappa shape index (κ3) is 4.09. The van der Waals surface area contributed by atoms with Crippen LogP contribution in [0.25, 0.3) is 5.82 Å². The number of hydrogen-bond donors (Lipinski definition) is 1. The highest BCUT2D eigenvalue weighted by Crippen LogP contribution is 2.16. The Labute approximate surface area is 163 Å². The minimum absolute atomic E-state index is 0.197. The molecule has 1 N–H and O–H groups in total. The molecule has 0 aliphatic carbocycles. The number of amides is 2. The lowest BCUT2D eigenvalue weighted by atomic mass is 10.1. The number of piperidine rings is 1. The van der Waals surface area contributed by atoms with Gasteiger partial charge in [0.05, 0.1) is 11.9 Å². The second-order valence-electron chi connectivity index (χ2n) is 6.80. The summed E-state index contributed by atoms with van der Waals surface area (Å²) in [4.78, 5) is 34.6. The molecule has 7 heteroatoms. The fourth-order valence-electron chi connectivity index (χ4n) is 3.22. The van der Waals surface area contributed by atoms with Gasteiger partial charge in [-0.25, -0.2) is 9.97 Å². The van der Waals surface area contributed by atoms with Crippen molar-refractivity contribution in [1.82, 2.24) is 19.4 Å². The molecule has 142 valence electrons. The van der Waals surface area contributed by atoms with Gasteiger partial charge in [-0.2, -0.15) is 0 Å². The van der Waals surface area contributed by atoms with E-state index in [4.69, 9.17) is 0 Å². The smallest absolute Gasteiger partial charge is 0.255 e. The lowest BCUT2D eigenvalue weighted by molar-refractivity contribution is -0.133. The minimum Gasteiger partial charge on any atom is -0.338 e. The zero-order valence-electron chi connectivity index (χ0n) is 15.4. The van der Waals surface area contributed by atoms with Crippen LogP contribution in [0, 0.1) is 0 Å². The number of nitrogens with one attached hydrogen (secondary N) is 1. The average molecular weight is 375 g/mol. The zero-order chi connectivity index (χ0) is 19.3. The van der Waals surface area contributed by atoms with Crippen LogP contribution in [-0.2, 0) is 11.3 Å². The number of imidazole rings is 1. The summed E-state index contributed by atoms with van der Waals surface area (Å²) < 4.78 is 1.79. The van der Waals surface area contributed by atoms with E-state index in [2.05, 4.69) is 15.3 Å². The Morgan fingerprint density at radius 1 is 1.11 bits per heavy atom. The Balaban J connectivity index is 1.37. The van der Waals surface area contributed by atoms with Gasteiger partial charge in [-0.3, -0.25) is 14.2 Å². The van der Waals surface area contributed by atoms with E-state index < -0.39 is 0 Å². The van der Waals surface area contributed by atoms with Crippen molar-refractivity contribution in [3.8, 4) is 5.82 Å². The Kier molecular flexibility index (Phi) is 5.14. The van der Waals surface area contributed by atoms with Crippen LogP contribution in [-0.4, -0.2) is 37.8 Å². The molecule has 1 saturated heterocycles. The quantitative estimate of drug-likeness (QED) is 0.743. The van der Waals surface area contributed by atoms with Gasteiger partial charge in [0.1, 0.15) is 12.1 Å². The molecule has 4 rings (SSSR count). The molecule has 3 heterocycles. The molecule has 0 bridgehead atoms. The number of hydrogen-bond acceptors (Lipinski definition) is 4. The molecule has 0 spiro atoms. The largest absolute Gasteiger partial charge is 0.338 e. The first kappa shape index (κ1) is 17.9. The Bertz CT molecular complexity index is 949. The van der Waals surface area contributed by atoms with Gasteiger partial charge in [0, 0.05) is 37.5 Å². The first-order valence-electron chi connectivity index (χ1n) is 9.31. The van der Waals surface area contributed by atoms with Crippen LogP contribution >= 0.6 is 0 Å². The summed E-state index contributed by atoms with van der Waals surface area (Å²) in [5, 5.41) is 2.85. The fraction of sp³-hybridized carbons (Fsp3) is 0.238. The highest BCUT2D eigenvalue weighted by Gasteiger charge is 2.18. The first-order chi connectivity index (χ1) is 13.7. The van der Waals surface area contributed by atoms with Gasteiger partial charge in [0.25, 0.3) is 5.91 Å². The van der Waals surface area contributed by atoms with Crippen molar-refractivity contribution in [2.45, 2.75) is 25.8 Å². The van der Waals surface area contributed by atoms with Crippen molar-refractivity contribution in [3.63, 3.8) is 0 Å². The molecular weight excluding hydrogens is 354 g/mol. The van der Waals surface area contributed by atoms with E-state index in [0.29, 0.717) is 24.2 Å². The summed E-state index contributed by atoms with van der Waals surface area (Å²) in [6.45, 7) is 1.41. The number of pyridine rings is 1. The second kappa shape index (κ2) is 8.04. The van der Waals surface area contributed by atoms with Gasteiger partial charge in [-0.1, -0.05) is 12.1 Å². The predicted octanol–water partition coefficient (Wildman–Crippen LogP) is 3.03. The Morgan fingerprint density at radius 3 is 2.64 bits per heavy atom. The summed E-state index contributed by atoms with van der Waals surface area (Å²) >= 11 is 0. The van der Waals surface area contributed by atoms with Crippen LogP contribution in [0.15, 0.2) is 61.3 Å². The lowest BCUT2D eigenvalue weighted by Gasteiger charge is -2.26. The number of nitrogens with zero attached hydrogens (tertiary/aromatic N) is 4. The molecule has 1 aromatic carbocycles. The fourth-order valence-corrected chi connectivity index (χ4v) is 3.22. The SMILES string of the molecule is O=C(Nc1ccc(-n2ccnc2)nc1)c1ccc(CN2CCCCC2=O)cc1. The number of rotatable bonds is 5. The number of carbonyl (C=O) groups is 2. The minimum atomic E-state index is -0.197. The number of anilines is 1. The zero-order valence-corrected chi connectivity index (χ0v) is 15.4. The van der Waals surface area contributed by atoms with E-state index >= 15 is 0 Å². The van der Waals surface area contributed by atoms with Crippen LogP contribution in [0.2, 0.25) is 0 Å². The monoisotopic (exact) mass is 375 g/mol. The molecule has 2 amide bonds. The lowest BCUT2D eigenvalue weighted by Crippen LogP contribution is -2.34. The van der Waals surface area contributed by atoms with E-state index in [-0.39, 0.29) is 11.8 Å². The molecule has 2 aromatic heterocycles. The van der Waals surface area contributed by atoms with Gasteiger partial charge in [0.15, 0.2) is 0 Å². The van der Waals surface area contributed by atoms with Crippen LogP contribution in [0.4, 0.5) is 5.69 Å². The van der Waals surface area contributed by atoms with Crippen LogP contribution in [0.1, 0.15) is 35.2 Å². The van der Waals surface area contributed by atoms with Crippen molar-refractivity contribution >= 4 is 17.5 Å². The maximum absolute atomic E-state index is 12.5. The van der Waals surface area contributed by atoms with E-state index in [0.717, 1.165) is 30.8 Å². The van der Waals surface area contributed by atoms with E-state index in [9.17, 15) is 9.59 Å². The highest BCUT2D eigenvalue weighted by atomic mass is 16.2. The molecule has 1 aliphatic rings. The van der Waals surface area contributed by atoms with Gasteiger partial charge in [-0.05, 0) is 42.7 Å². The average Bonchev–Trinajstić information content (AvgIpc) is 3.26. The van der Waals surface area contributed by atoms with Crippen molar-refractivity contribution in [1.29, 1.82) is 0 Å². The summed E-state index contributed by atoms with van der Waals surface area (Å²) in [6.07, 6.45) is 9.44. The topological polar surface area (TPSA) is 80.1 Å².